The Morgan fingerprint density at radius 3 is 2.71 bits per heavy atom. The van der Waals surface area contributed by atoms with E-state index < -0.39 is 15.7 Å². The molecule has 1 atom stereocenters. The second-order valence-corrected chi connectivity index (χ2v) is 6.13. The highest BCUT2D eigenvalue weighted by molar-refractivity contribution is 7.90. The van der Waals surface area contributed by atoms with Crippen LogP contribution in [0.2, 0.25) is 0 Å². The van der Waals surface area contributed by atoms with Crippen LogP contribution in [0.3, 0.4) is 0 Å². The molecule has 0 radical (unpaired) electrons. The lowest BCUT2D eigenvalue weighted by molar-refractivity contribution is 0.597. The molecule has 17 heavy (non-hydrogen) atoms. The molecule has 0 aliphatic carbocycles. The summed E-state index contributed by atoms with van der Waals surface area (Å²) in [6.07, 6.45) is 1.15. The quantitative estimate of drug-likeness (QED) is 0.887. The van der Waals surface area contributed by atoms with Crippen molar-refractivity contribution in [2.75, 3.05) is 17.3 Å². The van der Waals surface area contributed by atoms with Crippen molar-refractivity contribution in [3.8, 4) is 6.07 Å². The van der Waals surface area contributed by atoms with Crippen LogP contribution in [0.15, 0.2) is 18.2 Å². The van der Waals surface area contributed by atoms with E-state index in [0.29, 0.717) is 5.69 Å². The topological polar surface area (TPSA) is 70.0 Å². The fourth-order valence-electron chi connectivity index (χ4n) is 1.48. The fraction of sp³-hybridized carbons (Fsp3) is 0.364. The predicted octanol–water partition coefficient (Wildman–Crippen LogP) is 1.54. The largest absolute Gasteiger partial charge is 0.382 e. The molecular weight excluding hydrogens is 243 g/mol. The van der Waals surface area contributed by atoms with Gasteiger partial charge in [0, 0.05) is 18.0 Å². The average molecular weight is 256 g/mol. The molecule has 0 saturated heterocycles. The Balaban J connectivity index is 2.80. The van der Waals surface area contributed by atoms with Crippen molar-refractivity contribution in [3.05, 3.63) is 29.6 Å². The molecule has 0 bridgehead atoms. The Hall–Kier alpha value is -1.61. The lowest BCUT2D eigenvalue weighted by Gasteiger charge is -2.14. The lowest BCUT2D eigenvalue weighted by atomic mass is 10.2. The first-order valence-corrected chi connectivity index (χ1v) is 7.02. The van der Waals surface area contributed by atoms with Crippen molar-refractivity contribution in [2.45, 2.75) is 13.0 Å². The van der Waals surface area contributed by atoms with Crippen molar-refractivity contribution in [3.63, 3.8) is 0 Å². The number of nitrogens with zero attached hydrogens (tertiary/aromatic N) is 1. The molecule has 1 N–H and O–H groups in total. The third-order valence-electron chi connectivity index (χ3n) is 2.05. The molecule has 1 aromatic carbocycles. The Morgan fingerprint density at radius 2 is 2.18 bits per heavy atom. The zero-order valence-corrected chi connectivity index (χ0v) is 10.4. The summed E-state index contributed by atoms with van der Waals surface area (Å²) in [5.41, 5.74) is 0.459. The highest BCUT2D eigenvalue weighted by Crippen LogP contribution is 2.15. The molecule has 1 aromatic rings. The minimum atomic E-state index is -3.07. The average Bonchev–Trinajstić information content (AvgIpc) is 2.18. The lowest BCUT2D eigenvalue weighted by Crippen LogP contribution is -2.25. The number of benzene rings is 1. The van der Waals surface area contributed by atoms with E-state index in [9.17, 15) is 12.8 Å². The summed E-state index contributed by atoms with van der Waals surface area (Å²) in [4.78, 5) is 0. The smallest absolute Gasteiger partial charge is 0.149 e. The number of rotatable bonds is 4. The summed E-state index contributed by atoms with van der Waals surface area (Å²) in [5.74, 6) is -0.611. The summed E-state index contributed by atoms with van der Waals surface area (Å²) in [6, 6.07) is 5.42. The first-order chi connectivity index (χ1) is 7.81. The SMILES string of the molecule is CC(CS(C)(=O)=O)Nc1ccc(F)c(C#N)c1. The number of halogens is 1. The Labute approximate surface area is 100.0 Å². The highest BCUT2D eigenvalue weighted by Gasteiger charge is 2.11. The van der Waals surface area contributed by atoms with E-state index in [4.69, 9.17) is 5.26 Å². The summed E-state index contributed by atoms with van der Waals surface area (Å²) < 4.78 is 35.1. The van der Waals surface area contributed by atoms with E-state index >= 15 is 0 Å². The van der Waals surface area contributed by atoms with Gasteiger partial charge < -0.3 is 5.32 Å². The normalized spacial score (nSPS) is 12.8. The van der Waals surface area contributed by atoms with E-state index in [2.05, 4.69) is 5.32 Å². The van der Waals surface area contributed by atoms with Crippen LogP contribution in [0.1, 0.15) is 12.5 Å². The minimum absolute atomic E-state index is 0.0216. The minimum Gasteiger partial charge on any atom is -0.382 e. The number of nitriles is 1. The number of hydrogen-bond donors (Lipinski definition) is 1. The monoisotopic (exact) mass is 256 g/mol. The van der Waals surface area contributed by atoms with Crippen molar-refractivity contribution in [1.82, 2.24) is 0 Å². The van der Waals surface area contributed by atoms with Gasteiger partial charge in [-0.05, 0) is 25.1 Å². The van der Waals surface area contributed by atoms with Gasteiger partial charge in [0.15, 0.2) is 0 Å². The van der Waals surface area contributed by atoms with Crippen LogP contribution in [-0.2, 0) is 9.84 Å². The zero-order valence-electron chi connectivity index (χ0n) is 9.57. The number of nitrogens with one attached hydrogen (secondary N) is 1. The number of sulfone groups is 1. The molecule has 1 rings (SSSR count). The molecule has 0 aromatic heterocycles. The van der Waals surface area contributed by atoms with Crippen molar-refractivity contribution < 1.29 is 12.8 Å². The first kappa shape index (κ1) is 13.5. The Bertz CT molecular complexity index is 549. The predicted molar refractivity (Wildman–Crippen MR) is 63.9 cm³/mol. The maximum absolute atomic E-state index is 13.0. The van der Waals surface area contributed by atoms with Crippen LogP contribution in [0, 0.1) is 17.1 Å². The second-order valence-electron chi connectivity index (χ2n) is 3.94. The highest BCUT2D eigenvalue weighted by atomic mass is 32.2. The molecular formula is C11H13FN2O2S. The number of hydrogen-bond acceptors (Lipinski definition) is 4. The van der Waals surface area contributed by atoms with Gasteiger partial charge >= 0.3 is 0 Å². The van der Waals surface area contributed by atoms with Crippen LogP contribution >= 0.6 is 0 Å². The van der Waals surface area contributed by atoms with Gasteiger partial charge in [-0.2, -0.15) is 5.26 Å². The Kier molecular flexibility index (Phi) is 4.07. The zero-order chi connectivity index (χ0) is 13.1. The molecule has 92 valence electrons. The van der Waals surface area contributed by atoms with E-state index in [1.54, 1.807) is 13.0 Å². The van der Waals surface area contributed by atoms with E-state index in [0.717, 1.165) is 6.26 Å². The molecule has 0 fully saturated rings. The molecule has 0 spiro atoms. The van der Waals surface area contributed by atoms with Gasteiger partial charge in [-0.15, -0.1) is 0 Å². The standard InChI is InChI=1S/C11H13FN2O2S/c1-8(7-17(2,15)16)14-10-3-4-11(12)9(5-10)6-13/h3-5,8,14H,7H2,1-2H3. The summed E-state index contributed by atoms with van der Waals surface area (Å²) in [6.45, 7) is 1.70. The summed E-state index contributed by atoms with van der Waals surface area (Å²) in [5, 5.41) is 11.6. The van der Waals surface area contributed by atoms with Crippen molar-refractivity contribution in [1.29, 1.82) is 5.26 Å². The second kappa shape index (κ2) is 5.15. The maximum atomic E-state index is 13.0. The van der Waals surface area contributed by atoms with Gasteiger partial charge in [0.2, 0.25) is 0 Å². The molecule has 4 nitrogen and oxygen atoms in total. The van der Waals surface area contributed by atoms with Crippen molar-refractivity contribution in [2.24, 2.45) is 0 Å². The molecule has 1 unspecified atom stereocenters. The third kappa shape index (κ3) is 4.41. The van der Waals surface area contributed by atoms with Crippen LogP contribution in [-0.4, -0.2) is 26.5 Å². The van der Waals surface area contributed by atoms with Gasteiger partial charge in [-0.3, -0.25) is 0 Å². The Morgan fingerprint density at radius 1 is 1.53 bits per heavy atom. The van der Waals surface area contributed by atoms with Gasteiger partial charge in [-0.1, -0.05) is 0 Å². The van der Waals surface area contributed by atoms with E-state index in [-0.39, 0.29) is 17.4 Å². The molecule has 0 aliphatic rings. The van der Waals surface area contributed by atoms with Gasteiger partial charge in [0.05, 0.1) is 11.3 Å². The van der Waals surface area contributed by atoms with Crippen LogP contribution in [0.25, 0.3) is 0 Å². The van der Waals surface area contributed by atoms with E-state index in [1.807, 2.05) is 0 Å². The van der Waals surface area contributed by atoms with Gasteiger partial charge in [0.25, 0.3) is 0 Å². The van der Waals surface area contributed by atoms with Gasteiger partial charge in [0.1, 0.15) is 21.7 Å². The van der Waals surface area contributed by atoms with Crippen LogP contribution in [0.5, 0.6) is 0 Å². The maximum Gasteiger partial charge on any atom is 0.149 e. The summed E-state index contributed by atoms with van der Waals surface area (Å²) >= 11 is 0. The summed E-state index contributed by atoms with van der Waals surface area (Å²) in [7, 11) is -3.07. The fourth-order valence-corrected chi connectivity index (χ4v) is 2.47. The van der Waals surface area contributed by atoms with E-state index in [1.165, 1.54) is 18.2 Å². The number of anilines is 1. The molecule has 0 saturated carbocycles. The molecule has 0 aliphatic heterocycles. The van der Waals surface area contributed by atoms with Crippen LogP contribution in [0.4, 0.5) is 10.1 Å². The van der Waals surface area contributed by atoms with Crippen molar-refractivity contribution >= 4 is 15.5 Å². The molecule has 6 heteroatoms. The molecule has 0 amide bonds. The molecule has 0 heterocycles. The van der Waals surface area contributed by atoms with Crippen LogP contribution < -0.4 is 5.32 Å². The third-order valence-corrected chi connectivity index (χ3v) is 3.16. The van der Waals surface area contributed by atoms with Gasteiger partial charge in [-0.25, -0.2) is 12.8 Å². The first-order valence-electron chi connectivity index (χ1n) is 4.96.